The number of carbonyl (C=O) groups is 2. The number of carboxylic acid groups (broad SMARTS) is 1. The van der Waals surface area contributed by atoms with Crippen molar-refractivity contribution in [2.24, 2.45) is 0 Å². The Kier molecular flexibility index (Phi) is 8.19. The zero-order chi connectivity index (χ0) is 31.0. The van der Waals surface area contributed by atoms with E-state index in [9.17, 15) is 41.4 Å². The fourth-order valence-electron chi connectivity index (χ4n) is 4.37. The second-order valence-corrected chi connectivity index (χ2v) is 11.6. The van der Waals surface area contributed by atoms with Crippen LogP contribution in [0.5, 0.6) is 11.6 Å². The molecular formula is C25H28F3N5O8S. The summed E-state index contributed by atoms with van der Waals surface area (Å²) < 4.78 is 83.8. The van der Waals surface area contributed by atoms with Crippen molar-refractivity contribution in [2.75, 3.05) is 35.5 Å². The van der Waals surface area contributed by atoms with Crippen LogP contribution in [0.4, 0.5) is 29.3 Å². The van der Waals surface area contributed by atoms with Gasteiger partial charge in [-0.3, -0.25) is 14.0 Å². The van der Waals surface area contributed by atoms with Gasteiger partial charge in [0.15, 0.2) is 4.90 Å². The van der Waals surface area contributed by atoms with Crippen molar-refractivity contribution in [3.05, 3.63) is 42.6 Å². The number of halogens is 3. The topological polar surface area (TPSA) is 163 Å². The monoisotopic (exact) mass is 615 g/mol. The molecule has 1 aromatic carbocycles. The lowest BCUT2D eigenvalue weighted by Crippen LogP contribution is -2.57. The van der Waals surface area contributed by atoms with Crippen LogP contribution in [0.1, 0.15) is 20.8 Å². The molecular weight excluding hydrogens is 587 g/mol. The van der Waals surface area contributed by atoms with Gasteiger partial charge < -0.3 is 25.0 Å². The number of nitrogens with one attached hydrogen (secondary N) is 1. The van der Waals surface area contributed by atoms with Crippen LogP contribution in [0.2, 0.25) is 0 Å². The SMILES string of the molecule is CC(=O)NC[C@H]1CN(S(=O)(=O)c2c(OCCO)nn3ccccc23)c2cc(N(C(=O)O)C(C)(C)C(F)(F)F)ccc2O1. The second-order valence-electron chi connectivity index (χ2n) is 9.78. The summed E-state index contributed by atoms with van der Waals surface area (Å²) in [5, 5.41) is 25.7. The molecule has 228 valence electrons. The van der Waals surface area contributed by atoms with Gasteiger partial charge in [0.05, 0.1) is 36.6 Å². The zero-order valence-corrected chi connectivity index (χ0v) is 23.4. The number of aliphatic hydroxyl groups excluding tert-OH is 1. The fourth-order valence-corrected chi connectivity index (χ4v) is 6.10. The van der Waals surface area contributed by atoms with Gasteiger partial charge in [0.2, 0.25) is 5.91 Å². The fraction of sp³-hybridized carbons (Fsp3) is 0.400. The molecule has 3 N–H and O–H groups in total. The summed E-state index contributed by atoms with van der Waals surface area (Å²) in [5.41, 5.74) is -3.52. The quantitative estimate of drug-likeness (QED) is 0.328. The van der Waals surface area contributed by atoms with Gasteiger partial charge in [0.25, 0.3) is 15.9 Å². The molecule has 42 heavy (non-hydrogen) atoms. The number of sulfonamides is 1. The maximum Gasteiger partial charge on any atom is 0.412 e. The summed E-state index contributed by atoms with van der Waals surface area (Å²) in [7, 11) is -4.66. The number of nitrogens with zero attached hydrogens (tertiary/aromatic N) is 4. The van der Waals surface area contributed by atoms with Gasteiger partial charge in [-0.25, -0.2) is 17.7 Å². The molecule has 1 atom stereocenters. The van der Waals surface area contributed by atoms with E-state index < -0.39 is 63.6 Å². The Balaban J connectivity index is 1.92. The first-order chi connectivity index (χ1) is 19.6. The molecule has 3 aromatic rings. The number of hydrogen-bond acceptors (Lipinski definition) is 8. The molecule has 0 spiro atoms. The average Bonchev–Trinajstić information content (AvgIpc) is 3.28. The Hall–Kier alpha value is -4.25. The molecule has 4 rings (SSSR count). The summed E-state index contributed by atoms with van der Waals surface area (Å²) in [4.78, 5) is 23.3. The summed E-state index contributed by atoms with van der Waals surface area (Å²) in [5.74, 6) is -0.848. The van der Waals surface area contributed by atoms with Crippen LogP contribution in [-0.2, 0) is 14.8 Å². The molecule has 0 saturated carbocycles. The number of fused-ring (bicyclic) bond motifs is 2. The Bertz CT molecular complexity index is 1610. The van der Waals surface area contributed by atoms with E-state index in [4.69, 9.17) is 9.47 Å². The molecule has 0 radical (unpaired) electrons. The van der Waals surface area contributed by atoms with E-state index >= 15 is 0 Å². The Labute approximate surface area is 238 Å². The van der Waals surface area contributed by atoms with Crippen LogP contribution in [-0.4, -0.2) is 84.4 Å². The van der Waals surface area contributed by atoms with Crippen molar-refractivity contribution in [2.45, 2.75) is 43.5 Å². The number of rotatable bonds is 9. The number of alkyl halides is 3. The molecule has 0 fully saturated rings. The molecule has 2 aromatic heterocycles. The lowest BCUT2D eigenvalue weighted by molar-refractivity contribution is -0.175. The number of benzene rings is 1. The highest BCUT2D eigenvalue weighted by atomic mass is 32.2. The Morgan fingerprint density at radius 1 is 1.24 bits per heavy atom. The summed E-state index contributed by atoms with van der Waals surface area (Å²) in [6.45, 7) is 1.34. The van der Waals surface area contributed by atoms with Gasteiger partial charge in [-0.1, -0.05) is 6.07 Å². The second kappa shape index (κ2) is 11.2. The standard InChI is InChI=1S/C25H28F3N5O8S/c1-15(35)29-13-17-14-32(42(38,39)21-18-6-4-5-9-31(18)30-22(21)40-11-10-34)19-12-16(7-8-20(19)41-17)33(23(36)37)24(2,3)25(26,27)28/h4-9,12,17,34H,10-11,13-14H2,1-3H3,(H,29,35)(H,36,37)/t17-/m0/s1. The normalized spacial score (nSPS) is 15.6. The molecule has 0 aliphatic carbocycles. The molecule has 0 unspecified atom stereocenters. The smallest absolute Gasteiger partial charge is 0.412 e. The predicted octanol–water partition coefficient (Wildman–Crippen LogP) is 2.62. The van der Waals surface area contributed by atoms with E-state index in [-0.39, 0.29) is 40.9 Å². The van der Waals surface area contributed by atoms with Crippen molar-refractivity contribution in [1.82, 2.24) is 14.9 Å². The van der Waals surface area contributed by atoms with Crippen LogP contribution in [0.25, 0.3) is 5.52 Å². The maximum atomic E-state index is 14.3. The Morgan fingerprint density at radius 2 is 1.95 bits per heavy atom. The lowest BCUT2D eigenvalue weighted by Gasteiger charge is -2.39. The first-order valence-electron chi connectivity index (χ1n) is 12.5. The number of carbonyl (C=O) groups excluding carboxylic acids is 1. The van der Waals surface area contributed by atoms with Crippen molar-refractivity contribution in [1.29, 1.82) is 0 Å². The summed E-state index contributed by atoms with van der Waals surface area (Å²) in [6, 6.07) is 7.81. The molecule has 0 bridgehead atoms. The third-order valence-electron chi connectivity index (χ3n) is 6.50. The van der Waals surface area contributed by atoms with E-state index in [1.165, 1.54) is 23.7 Å². The van der Waals surface area contributed by atoms with Gasteiger partial charge in [-0.15, -0.1) is 5.10 Å². The van der Waals surface area contributed by atoms with Gasteiger partial charge in [-0.05, 0) is 44.2 Å². The van der Waals surface area contributed by atoms with Crippen molar-refractivity contribution >= 4 is 38.9 Å². The van der Waals surface area contributed by atoms with Crippen molar-refractivity contribution in [3.63, 3.8) is 0 Å². The van der Waals surface area contributed by atoms with E-state index in [1.54, 1.807) is 12.1 Å². The minimum absolute atomic E-state index is 0.0895. The molecule has 3 heterocycles. The van der Waals surface area contributed by atoms with Crippen LogP contribution < -0.4 is 24.0 Å². The van der Waals surface area contributed by atoms with Gasteiger partial charge in [-0.2, -0.15) is 13.2 Å². The van der Waals surface area contributed by atoms with Crippen LogP contribution in [0.3, 0.4) is 0 Å². The minimum Gasteiger partial charge on any atom is -0.484 e. The van der Waals surface area contributed by atoms with E-state index in [2.05, 4.69) is 10.4 Å². The van der Waals surface area contributed by atoms with Crippen LogP contribution in [0, 0.1) is 0 Å². The average molecular weight is 616 g/mol. The maximum absolute atomic E-state index is 14.3. The van der Waals surface area contributed by atoms with Gasteiger partial charge >= 0.3 is 12.3 Å². The summed E-state index contributed by atoms with van der Waals surface area (Å²) >= 11 is 0. The van der Waals surface area contributed by atoms with Crippen LogP contribution >= 0.6 is 0 Å². The predicted molar refractivity (Wildman–Crippen MR) is 142 cm³/mol. The first kappa shape index (κ1) is 30.7. The van der Waals surface area contributed by atoms with E-state index in [0.717, 1.165) is 22.5 Å². The number of aliphatic hydroxyl groups is 1. The number of anilines is 2. The number of aromatic nitrogens is 2. The van der Waals surface area contributed by atoms with Gasteiger partial charge in [0, 0.05) is 13.1 Å². The first-order valence-corrected chi connectivity index (χ1v) is 13.9. The molecule has 2 amide bonds. The van der Waals surface area contributed by atoms with Crippen molar-refractivity contribution in [3.8, 4) is 11.6 Å². The highest BCUT2D eigenvalue weighted by Gasteiger charge is 2.54. The number of pyridine rings is 1. The van der Waals surface area contributed by atoms with Crippen molar-refractivity contribution < 1.29 is 50.9 Å². The lowest BCUT2D eigenvalue weighted by atomic mass is 10.0. The molecule has 0 saturated heterocycles. The third-order valence-corrected chi connectivity index (χ3v) is 8.32. The minimum atomic E-state index is -4.98. The highest BCUT2D eigenvalue weighted by molar-refractivity contribution is 7.93. The molecule has 1 aliphatic heterocycles. The van der Waals surface area contributed by atoms with Gasteiger partial charge in [0.1, 0.15) is 24.0 Å². The van der Waals surface area contributed by atoms with E-state index in [0.29, 0.717) is 13.8 Å². The largest absolute Gasteiger partial charge is 0.484 e. The zero-order valence-electron chi connectivity index (χ0n) is 22.6. The number of hydrogen-bond donors (Lipinski definition) is 3. The molecule has 17 heteroatoms. The van der Waals surface area contributed by atoms with E-state index in [1.807, 2.05) is 0 Å². The third kappa shape index (κ3) is 5.61. The molecule has 13 nitrogen and oxygen atoms in total. The number of amides is 2. The Morgan fingerprint density at radius 3 is 2.57 bits per heavy atom. The highest BCUT2D eigenvalue weighted by Crippen LogP contribution is 2.44. The van der Waals surface area contributed by atoms with Crippen LogP contribution in [0.15, 0.2) is 47.5 Å². The molecule has 1 aliphatic rings. The number of ether oxygens (including phenoxy) is 2. The summed E-state index contributed by atoms with van der Waals surface area (Å²) in [6.07, 6.45) is -6.37.